The highest BCUT2D eigenvalue weighted by Gasteiger charge is 2.28. The maximum Gasteiger partial charge on any atom is 0.224 e. The van der Waals surface area contributed by atoms with Crippen LogP contribution < -0.4 is 4.90 Å². The Morgan fingerprint density at radius 2 is 2.10 bits per heavy atom. The van der Waals surface area contributed by atoms with Gasteiger partial charge in [-0.1, -0.05) is 18.2 Å². The minimum Gasteiger partial charge on any atom is -0.394 e. The minimum absolute atomic E-state index is 0.0474. The average Bonchev–Trinajstić information content (AvgIpc) is 3.01. The number of amides is 1. The van der Waals surface area contributed by atoms with Gasteiger partial charge in [0, 0.05) is 31.7 Å². The Balaban J connectivity index is 1.60. The number of anilines is 1. The number of benzene rings is 1. The molecule has 1 fully saturated rings. The lowest BCUT2D eigenvalue weighted by Crippen LogP contribution is -2.40. The Bertz CT molecular complexity index is 503. The molecule has 1 amide bonds. The van der Waals surface area contributed by atoms with E-state index in [-0.39, 0.29) is 18.6 Å². The van der Waals surface area contributed by atoms with Crippen LogP contribution in [-0.4, -0.2) is 48.2 Å². The molecule has 1 aromatic carbocycles. The Kier molecular flexibility index (Phi) is 4.44. The first-order chi connectivity index (χ1) is 10.3. The second kappa shape index (κ2) is 6.48. The number of nitrogens with zero attached hydrogens (tertiary/aromatic N) is 2. The highest BCUT2D eigenvalue weighted by Crippen LogP contribution is 2.27. The minimum atomic E-state index is 0.0474. The normalized spacial score (nSPS) is 21.5. The van der Waals surface area contributed by atoms with Gasteiger partial charge >= 0.3 is 0 Å². The Morgan fingerprint density at radius 1 is 1.24 bits per heavy atom. The number of aliphatic hydroxyl groups excluding tert-OH is 1. The monoisotopic (exact) mass is 288 g/mol. The summed E-state index contributed by atoms with van der Waals surface area (Å²) in [5.41, 5.74) is 2.68. The Labute approximate surface area is 126 Å². The molecule has 1 N–H and O–H groups in total. The van der Waals surface area contributed by atoms with Gasteiger partial charge in [0.15, 0.2) is 0 Å². The van der Waals surface area contributed by atoms with E-state index >= 15 is 0 Å². The summed E-state index contributed by atoms with van der Waals surface area (Å²) in [6.45, 7) is 2.72. The summed E-state index contributed by atoms with van der Waals surface area (Å²) in [6, 6.07) is 8.55. The van der Waals surface area contributed by atoms with Crippen molar-refractivity contribution in [1.82, 2.24) is 4.90 Å². The average molecular weight is 288 g/mol. The lowest BCUT2D eigenvalue weighted by atomic mass is 10.0. The highest BCUT2D eigenvalue weighted by atomic mass is 16.3. The van der Waals surface area contributed by atoms with Crippen LogP contribution in [-0.2, 0) is 11.2 Å². The van der Waals surface area contributed by atoms with Gasteiger partial charge in [0.05, 0.1) is 12.6 Å². The molecule has 21 heavy (non-hydrogen) atoms. The first-order valence-electron chi connectivity index (χ1n) is 8.03. The summed E-state index contributed by atoms with van der Waals surface area (Å²) in [5.74, 6) is 0.189. The Morgan fingerprint density at radius 3 is 2.95 bits per heavy atom. The molecule has 0 bridgehead atoms. The molecule has 114 valence electrons. The number of hydrogen-bond acceptors (Lipinski definition) is 3. The van der Waals surface area contributed by atoms with Crippen molar-refractivity contribution in [2.24, 2.45) is 0 Å². The van der Waals surface area contributed by atoms with Gasteiger partial charge in [-0.2, -0.15) is 0 Å². The fourth-order valence-electron chi connectivity index (χ4n) is 3.57. The van der Waals surface area contributed by atoms with E-state index < -0.39 is 0 Å². The summed E-state index contributed by atoms with van der Waals surface area (Å²) in [5, 5.41) is 9.33. The zero-order chi connectivity index (χ0) is 14.7. The van der Waals surface area contributed by atoms with Crippen molar-refractivity contribution in [3.8, 4) is 0 Å². The molecular weight excluding hydrogens is 264 g/mol. The molecule has 0 spiro atoms. The van der Waals surface area contributed by atoms with E-state index in [1.807, 2.05) is 4.90 Å². The number of carbonyl (C=O) groups is 1. The number of hydrogen-bond donors (Lipinski definition) is 1. The third-order valence-corrected chi connectivity index (χ3v) is 4.71. The van der Waals surface area contributed by atoms with Crippen LogP contribution in [0.3, 0.4) is 0 Å². The summed E-state index contributed by atoms with van der Waals surface area (Å²) in [6.07, 6.45) is 4.80. The molecule has 1 aromatic rings. The fraction of sp³-hybridized carbons (Fsp3) is 0.588. The second-order valence-corrected chi connectivity index (χ2v) is 6.04. The molecule has 1 unspecified atom stereocenters. The first-order valence-corrected chi connectivity index (χ1v) is 8.03. The molecule has 0 saturated carbocycles. The van der Waals surface area contributed by atoms with Gasteiger partial charge in [0.25, 0.3) is 0 Å². The van der Waals surface area contributed by atoms with Crippen LogP contribution in [0.2, 0.25) is 0 Å². The number of aryl methyl sites for hydroxylation is 1. The number of rotatable bonds is 4. The molecule has 4 nitrogen and oxygen atoms in total. The SMILES string of the molecule is O=C(CCN1CCCc2ccccc21)N1CCCC1CO. The van der Waals surface area contributed by atoms with E-state index in [9.17, 15) is 9.90 Å². The van der Waals surface area contributed by atoms with Crippen LogP contribution in [0, 0.1) is 0 Å². The molecule has 0 radical (unpaired) electrons. The maximum atomic E-state index is 12.4. The fourth-order valence-corrected chi connectivity index (χ4v) is 3.57. The molecule has 1 saturated heterocycles. The maximum absolute atomic E-state index is 12.4. The summed E-state index contributed by atoms with van der Waals surface area (Å²) >= 11 is 0. The molecule has 0 aromatic heterocycles. The number of aliphatic hydroxyl groups is 1. The van der Waals surface area contributed by atoms with E-state index in [1.165, 1.54) is 11.3 Å². The third kappa shape index (κ3) is 3.05. The lowest BCUT2D eigenvalue weighted by Gasteiger charge is -2.32. The molecule has 2 aliphatic heterocycles. The molecule has 2 heterocycles. The summed E-state index contributed by atoms with van der Waals surface area (Å²) < 4.78 is 0. The second-order valence-electron chi connectivity index (χ2n) is 6.04. The first kappa shape index (κ1) is 14.4. The standard InChI is InChI=1S/C17H24N2O2/c20-13-15-7-4-11-19(15)17(21)9-12-18-10-3-6-14-5-1-2-8-16(14)18/h1-2,5,8,15,20H,3-4,6-7,9-13H2. The van der Waals surface area contributed by atoms with Gasteiger partial charge in [-0.05, 0) is 37.3 Å². The van der Waals surface area contributed by atoms with E-state index in [0.29, 0.717) is 6.42 Å². The van der Waals surface area contributed by atoms with Crippen molar-refractivity contribution in [3.05, 3.63) is 29.8 Å². The van der Waals surface area contributed by atoms with Gasteiger partial charge in [-0.15, -0.1) is 0 Å². The molecule has 1 atom stereocenters. The van der Waals surface area contributed by atoms with Crippen molar-refractivity contribution >= 4 is 11.6 Å². The predicted molar refractivity (Wildman–Crippen MR) is 83.4 cm³/mol. The van der Waals surface area contributed by atoms with Crippen molar-refractivity contribution < 1.29 is 9.90 Å². The van der Waals surface area contributed by atoms with Crippen LogP contribution in [0.1, 0.15) is 31.2 Å². The van der Waals surface area contributed by atoms with E-state index in [2.05, 4.69) is 29.2 Å². The van der Waals surface area contributed by atoms with Gasteiger partial charge in [0.1, 0.15) is 0 Å². The number of likely N-dealkylation sites (tertiary alicyclic amines) is 1. The van der Waals surface area contributed by atoms with E-state index in [4.69, 9.17) is 0 Å². The van der Waals surface area contributed by atoms with Crippen LogP contribution >= 0.6 is 0 Å². The Hall–Kier alpha value is -1.55. The van der Waals surface area contributed by atoms with Crippen molar-refractivity contribution in [3.63, 3.8) is 0 Å². The quantitative estimate of drug-likeness (QED) is 0.919. The van der Waals surface area contributed by atoms with Gasteiger partial charge < -0.3 is 14.9 Å². The molecule has 2 aliphatic rings. The zero-order valence-electron chi connectivity index (χ0n) is 12.5. The van der Waals surface area contributed by atoms with Crippen molar-refractivity contribution in [2.45, 2.75) is 38.1 Å². The highest BCUT2D eigenvalue weighted by molar-refractivity contribution is 5.77. The van der Waals surface area contributed by atoms with Gasteiger partial charge in [0.2, 0.25) is 5.91 Å². The van der Waals surface area contributed by atoms with Gasteiger partial charge in [-0.3, -0.25) is 4.79 Å². The zero-order valence-corrected chi connectivity index (χ0v) is 12.5. The smallest absolute Gasteiger partial charge is 0.224 e. The lowest BCUT2D eigenvalue weighted by molar-refractivity contribution is -0.132. The summed E-state index contributed by atoms with van der Waals surface area (Å²) in [4.78, 5) is 16.6. The molecular formula is C17H24N2O2. The molecule has 0 aliphatic carbocycles. The van der Waals surface area contributed by atoms with Gasteiger partial charge in [-0.25, -0.2) is 0 Å². The summed E-state index contributed by atoms with van der Waals surface area (Å²) in [7, 11) is 0. The largest absolute Gasteiger partial charge is 0.394 e. The number of carbonyl (C=O) groups excluding carboxylic acids is 1. The van der Waals surface area contributed by atoms with Crippen LogP contribution in [0.15, 0.2) is 24.3 Å². The van der Waals surface area contributed by atoms with Crippen molar-refractivity contribution in [2.75, 3.05) is 31.1 Å². The third-order valence-electron chi connectivity index (χ3n) is 4.71. The topological polar surface area (TPSA) is 43.8 Å². The van der Waals surface area contributed by atoms with Crippen LogP contribution in [0.25, 0.3) is 0 Å². The predicted octanol–water partition coefficient (Wildman–Crippen LogP) is 1.81. The number of para-hydroxylation sites is 1. The van der Waals surface area contributed by atoms with Crippen LogP contribution in [0.4, 0.5) is 5.69 Å². The van der Waals surface area contributed by atoms with Crippen molar-refractivity contribution in [1.29, 1.82) is 0 Å². The van der Waals surface area contributed by atoms with E-state index in [1.54, 1.807) is 0 Å². The molecule has 3 rings (SSSR count). The number of fused-ring (bicyclic) bond motifs is 1. The van der Waals surface area contributed by atoms with Crippen LogP contribution in [0.5, 0.6) is 0 Å². The molecule has 4 heteroatoms. The van der Waals surface area contributed by atoms with E-state index in [0.717, 1.165) is 45.3 Å².